The molecule has 0 atom stereocenters. The third-order valence-corrected chi connectivity index (χ3v) is 4.80. The van der Waals surface area contributed by atoms with Gasteiger partial charge >= 0.3 is 0 Å². The molecule has 7 heteroatoms. The summed E-state index contributed by atoms with van der Waals surface area (Å²) in [6.07, 6.45) is 2.04. The number of aromatic nitrogens is 1. The number of nitrogens with zero attached hydrogens (tertiary/aromatic N) is 2. The SMILES string of the molecule is CCNC(=NCc1nc(C(C)C)cs1)NCCCc1cccc(OC)c1.I. The molecule has 2 rings (SSSR count). The Morgan fingerprint density at radius 1 is 1.30 bits per heavy atom. The summed E-state index contributed by atoms with van der Waals surface area (Å²) in [5.41, 5.74) is 2.44. The summed E-state index contributed by atoms with van der Waals surface area (Å²) in [6, 6.07) is 8.23. The number of ether oxygens (including phenoxy) is 1. The van der Waals surface area contributed by atoms with Gasteiger partial charge in [-0.15, -0.1) is 35.3 Å². The zero-order chi connectivity index (χ0) is 18.8. The van der Waals surface area contributed by atoms with Crippen LogP contribution in [0.5, 0.6) is 5.75 Å². The lowest BCUT2D eigenvalue weighted by Gasteiger charge is -2.11. The van der Waals surface area contributed by atoms with E-state index >= 15 is 0 Å². The maximum absolute atomic E-state index is 5.27. The Labute approximate surface area is 184 Å². The van der Waals surface area contributed by atoms with Crippen LogP contribution in [0.15, 0.2) is 34.6 Å². The van der Waals surface area contributed by atoms with Crippen molar-refractivity contribution in [1.82, 2.24) is 15.6 Å². The third-order valence-electron chi connectivity index (χ3n) is 3.95. The number of hydrogen-bond donors (Lipinski definition) is 2. The minimum Gasteiger partial charge on any atom is -0.497 e. The molecule has 27 heavy (non-hydrogen) atoms. The number of hydrogen-bond acceptors (Lipinski definition) is 4. The number of rotatable bonds is 9. The molecule has 0 bridgehead atoms. The molecule has 0 fully saturated rings. The van der Waals surface area contributed by atoms with Gasteiger partial charge in [-0.25, -0.2) is 9.98 Å². The van der Waals surface area contributed by atoms with Gasteiger partial charge in [0.15, 0.2) is 5.96 Å². The molecule has 0 saturated carbocycles. The van der Waals surface area contributed by atoms with Gasteiger partial charge in [0, 0.05) is 18.5 Å². The summed E-state index contributed by atoms with van der Waals surface area (Å²) in [6.45, 7) is 8.73. The molecular weight excluding hydrogens is 471 g/mol. The van der Waals surface area contributed by atoms with Crippen LogP contribution >= 0.6 is 35.3 Å². The fourth-order valence-electron chi connectivity index (χ4n) is 2.48. The Balaban J connectivity index is 0.00000364. The van der Waals surface area contributed by atoms with Crippen LogP contribution in [-0.2, 0) is 13.0 Å². The number of guanidine groups is 1. The number of aryl methyl sites for hydroxylation is 1. The monoisotopic (exact) mass is 502 g/mol. The standard InChI is InChI=1S/C20H30N4OS.HI/c1-5-21-20(23-13-19-24-18(14-26-19)15(2)3)22-11-7-9-16-8-6-10-17(12-16)25-4;/h6,8,10,12,14-15H,5,7,9,11,13H2,1-4H3,(H2,21,22,23);1H. The first-order valence-electron chi connectivity index (χ1n) is 9.21. The van der Waals surface area contributed by atoms with Crippen molar-refractivity contribution < 1.29 is 4.74 Å². The normalized spacial score (nSPS) is 11.2. The van der Waals surface area contributed by atoms with Crippen LogP contribution in [0.3, 0.4) is 0 Å². The molecule has 2 aromatic rings. The summed E-state index contributed by atoms with van der Waals surface area (Å²) >= 11 is 1.68. The third kappa shape index (κ3) is 8.47. The highest BCUT2D eigenvalue weighted by Gasteiger charge is 2.05. The molecule has 0 radical (unpaired) electrons. The quantitative estimate of drug-likeness (QED) is 0.228. The van der Waals surface area contributed by atoms with Crippen molar-refractivity contribution in [3.8, 4) is 5.75 Å². The summed E-state index contributed by atoms with van der Waals surface area (Å²) in [5, 5.41) is 9.89. The highest BCUT2D eigenvalue weighted by molar-refractivity contribution is 14.0. The van der Waals surface area contributed by atoms with Crippen LogP contribution in [0.4, 0.5) is 0 Å². The second-order valence-electron chi connectivity index (χ2n) is 6.40. The summed E-state index contributed by atoms with van der Waals surface area (Å²) in [4.78, 5) is 9.29. The zero-order valence-electron chi connectivity index (χ0n) is 16.6. The van der Waals surface area contributed by atoms with Gasteiger partial charge in [-0.1, -0.05) is 26.0 Å². The van der Waals surface area contributed by atoms with E-state index in [1.807, 2.05) is 12.1 Å². The van der Waals surface area contributed by atoms with Crippen molar-refractivity contribution in [2.24, 2.45) is 4.99 Å². The lowest BCUT2D eigenvalue weighted by atomic mass is 10.1. The Bertz CT molecular complexity index is 703. The second-order valence-corrected chi connectivity index (χ2v) is 7.34. The topological polar surface area (TPSA) is 58.5 Å². The summed E-state index contributed by atoms with van der Waals surface area (Å²) in [7, 11) is 1.70. The van der Waals surface area contributed by atoms with Crippen molar-refractivity contribution in [1.29, 1.82) is 0 Å². The van der Waals surface area contributed by atoms with Gasteiger partial charge in [0.1, 0.15) is 10.8 Å². The van der Waals surface area contributed by atoms with E-state index in [9.17, 15) is 0 Å². The number of halogens is 1. The van der Waals surface area contributed by atoms with Gasteiger partial charge in [0.05, 0.1) is 19.3 Å². The Hall–Kier alpha value is -1.35. The van der Waals surface area contributed by atoms with Crippen LogP contribution < -0.4 is 15.4 Å². The number of thiazole rings is 1. The molecule has 0 spiro atoms. The fourth-order valence-corrected chi connectivity index (χ4v) is 3.36. The van der Waals surface area contributed by atoms with E-state index in [2.05, 4.69) is 58.9 Å². The van der Waals surface area contributed by atoms with Crippen LogP contribution in [0, 0.1) is 0 Å². The van der Waals surface area contributed by atoms with E-state index < -0.39 is 0 Å². The second kappa shape index (κ2) is 12.9. The minimum absolute atomic E-state index is 0. The van der Waals surface area contributed by atoms with Crippen molar-refractivity contribution >= 4 is 41.3 Å². The van der Waals surface area contributed by atoms with Gasteiger partial charge in [-0.2, -0.15) is 0 Å². The number of aliphatic imine (C=N–C) groups is 1. The van der Waals surface area contributed by atoms with Gasteiger partial charge < -0.3 is 15.4 Å². The van der Waals surface area contributed by atoms with Crippen LogP contribution in [-0.4, -0.2) is 31.1 Å². The molecule has 5 nitrogen and oxygen atoms in total. The molecule has 0 aliphatic carbocycles. The lowest BCUT2D eigenvalue weighted by Crippen LogP contribution is -2.37. The molecular formula is C20H31IN4OS. The Kier molecular flexibility index (Phi) is 11.3. The lowest BCUT2D eigenvalue weighted by molar-refractivity contribution is 0.414. The molecule has 2 N–H and O–H groups in total. The minimum atomic E-state index is 0. The average molecular weight is 502 g/mol. The Morgan fingerprint density at radius 3 is 2.78 bits per heavy atom. The highest BCUT2D eigenvalue weighted by Crippen LogP contribution is 2.18. The molecule has 0 saturated heterocycles. The van der Waals surface area contributed by atoms with E-state index in [1.165, 1.54) is 5.56 Å². The molecule has 1 aromatic carbocycles. The Morgan fingerprint density at radius 2 is 2.11 bits per heavy atom. The summed E-state index contributed by atoms with van der Waals surface area (Å²) in [5.74, 6) is 2.22. The fraction of sp³-hybridized carbons (Fsp3) is 0.500. The van der Waals surface area contributed by atoms with Crippen molar-refractivity contribution in [2.45, 2.75) is 46.1 Å². The molecule has 150 valence electrons. The van der Waals surface area contributed by atoms with Gasteiger partial charge in [0.2, 0.25) is 0 Å². The number of methoxy groups -OCH3 is 1. The predicted octanol–water partition coefficient (Wildman–Crippen LogP) is 4.58. The predicted molar refractivity (Wildman–Crippen MR) is 126 cm³/mol. The number of benzene rings is 1. The first-order chi connectivity index (χ1) is 12.6. The molecule has 0 aliphatic rings. The van der Waals surface area contributed by atoms with Crippen molar-refractivity contribution in [2.75, 3.05) is 20.2 Å². The van der Waals surface area contributed by atoms with Gasteiger partial charge in [-0.05, 0) is 43.4 Å². The van der Waals surface area contributed by atoms with Crippen molar-refractivity contribution in [3.05, 3.63) is 45.9 Å². The van der Waals surface area contributed by atoms with Gasteiger partial charge in [-0.3, -0.25) is 0 Å². The maximum atomic E-state index is 5.27. The summed E-state index contributed by atoms with van der Waals surface area (Å²) < 4.78 is 5.27. The molecule has 0 aliphatic heterocycles. The van der Waals surface area contributed by atoms with E-state index in [0.29, 0.717) is 12.5 Å². The average Bonchev–Trinajstić information content (AvgIpc) is 3.12. The zero-order valence-corrected chi connectivity index (χ0v) is 19.8. The van der Waals surface area contributed by atoms with Crippen molar-refractivity contribution in [3.63, 3.8) is 0 Å². The molecule has 1 aromatic heterocycles. The smallest absolute Gasteiger partial charge is 0.191 e. The molecule has 0 amide bonds. The first kappa shape index (κ1) is 23.7. The van der Waals surface area contributed by atoms with E-state index in [4.69, 9.17) is 4.74 Å². The van der Waals surface area contributed by atoms with Crippen LogP contribution in [0.2, 0.25) is 0 Å². The van der Waals surface area contributed by atoms with E-state index in [-0.39, 0.29) is 24.0 Å². The first-order valence-corrected chi connectivity index (χ1v) is 10.1. The van der Waals surface area contributed by atoms with Gasteiger partial charge in [0.25, 0.3) is 0 Å². The van der Waals surface area contributed by atoms with E-state index in [0.717, 1.165) is 48.3 Å². The molecule has 1 heterocycles. The van der Waals surface area contributed by atoms with Crippen LogP contribution in [0.1, 0.15) is 49.4 Å². The largest absolute Gasteiger partial charge is 0.497 e. The number of nitrogens with one attached hydrogen (secondary N) is 2. The molecule has 0 unspecified atom stereocenters. The van der Waals surface area contributed by atoms with Crippen LogP contribution in [0.25, 0.3) is 0 Å². The van der Waals surface area contributed by atoms with E-state index in [1.54, 1.807) is 18.4 Å². The highest BCUT2D eigenvalue weighted by atomic mass is 127. The maximum Gasteiger partial charge on any atom is 0.191 e.